The summed E-state index contributed by atoms with van der Waals surface area (Å²) in [5.41, 5.74) is 1.40. The average Bonchev–Trinajstić information content (AvgIpc) is 1.71. The van der Waals surface area contributed by atoms with Crippen LogP contribution < -0.4 is 0 Å². The molecule has 0 radical (unpaired) electrons. The molecule has 0 nitrogen and oxygen atoms in total. The maximum absolute atomic E-state index is 5.13. The van der Waals surface area contributed by atoms with Crippen molar-refractivity contribution in [3.05, 3.63) is 11.6 Å². The molecule has 0 aromatic heterocycles. The van der Waals surface area contributed by atoms with E-state index >= 15 is 0 Å². The fourth-order valence-electron chi connectivity index (χ4n) is 0.0337. The molecule has 0 aliphatic rings. The Bertz CT molecular complexity index is 47.3. The number of hydrogen-bond donors (Lipinski definition) is 1. The summed E-state index contributed by atoms with van der Waals surface area (Å²) in [7, 11) is 1.44. The van der Waals surface area contributed by atoms with Crippen LogP contribution in [0.5, 0.6) is 0 Å². The Morgan fingerprint density at radius 2 is 2.12 bits per heavy atom. The molecule has 0 atom stereocenters. The van der Waals surface area contributed by atoms with Gasteiger partial charge in [-0.2, -0.15) is 0 Å². The van der Waals surface area contributed by atoms with Crippen molar-refractivity contribution in [3.63, 3.8) is 0 Å². The van der Waals surface area contributed by atoms with E-state index in [0.29, 0.717) is 5.88 Å². The van der Waals surface area contributed by atoms with Gasteiger partial charge in [0.15, 0.2) is 0 Å². The molecule has 0 amide bonds. The molecule has 0 aliphatic heterocycles. The third-order valence-corrected chi connectivity index (χ3v) is 0.535. The molecule has 0 saturated heterocycles. The highest BCUT2D eigenvalue weighted by atomic mass is 35.5. The minimum atomic E-state index is 0.503. The molecule has 0 N–H and O–H groups in total. The second kappa shape index (κ2) is 15.7. The second-order valence-corrected chi connectivity index (χ2v) is 2.72. The summed E-state index contributed by atoms with van der Waals surface area (Å²) in [4.78, 5) is 0. The third kappa shape index (κ3) is 27.9. The Balaban J connectivity index is 0. The van der Waals surface area contributed by atoms with Gasteiger partial charge in [0.05, 0.1) is 0 Å². The first-order chi connectivity index (χ1) is 3.83. The minimum Gasteiger partial charge on any atom is -0.122 e. The Morgan fingerprint density at radius 3 is 2.12 bits per heavy atom. The summed E-state index contributed by atoms with van der Waals surface area (Å²) in [5, 5.41) is 0. The SMILES string of the molecule is CSS.ClC=CCCl. The molecular formula is C4H8Cl2S2. The lowest BCUT2D eigenvalue weighted by atomic mass is 10.8. The van der Waals surface area contributed by atoms with E-state index < -0.39 is 0 Å². The van der Waals surface area contributed by atoms with E-state index in [4.69, 9.17) is 23.2 Å². The largest absolute Gasteiger partial charge is 0.122 e. The Labute approximate surface area is 69.4 Å². The van der Waals surface area contributed by atoms with E-state index in [9.17, 15) is 0 Å². The van der Waals surface area contributed by atoms with Gasteiger partial charge in [-0.3, -0.25) is 0 Å². The molecule has 50 valence electrons. The fourth-order valence-corrected chi connectivity index (χ4v) is 0.303. The van der Waals surface area contributed by atoms with Crippen molar-refractivity contribution in [1.29, 1.82) is 0 Å². The van der Waals surface area contributed by atoms with Crippen LogP contribution in [0.3, 0.4) is 0 Å². The molecule has 0 spiro atoms. The zero-order valence-electron chi connectivity index (χ0n) is 4.47. The van der Waals surface area contributed by atoms with Gasteiger partial charge in [0.2, 0.25) is 0 Å². The summed E-state index contributed by atoms with van der Waals surface area (Å²) >= 11 is 13.9. The molecule has 0 fully saturated rings. The van der Waals surface area contributed by atoms with Gasteiger partial charge in [0, 0.05) is 11.4 Å². The van der Waals surface area contributed by atoms with Crippen molar-refractivity contribution in [1.82, 2.24) is 0 Å². The van der Waals surface area contributed by atoms with Gasteiger partial charge in [-0.1, -0.05) is 17.7 Å². The second-order valence-electron chi connectivity index (χ2n) is 0.699. The van der Waals surface area contributed by atoms with Crippen LogP contribution in [0, 0.1) is 0 Å². The lowest BCUT2D eigenvalue weighted by molar-refractivity contribution is 1.79. The van der Waals surface area contributed by atoms with Crippen LogP contribution in [0.1, 0.15) is 0 Å². The highest BCUT2D eigenvalue weighted by Gasteiger charge is 1.56. The lowest BCUT2D eigenvalue weighted by Crippen LogP contribution is -1.48. The van der Waals surface area contributed by atoms with Crippen molar-refractivity contribution < 1.29 is 0 Å². The fraction of sp³-hybridized carbons (Fsp3) is 0.500. The highest BCUT2D eigenvalue weighted by Crippen LogP contribution is 1.91. The molecule has 0 aliphatic carbocycles. The average molecular weight is 191 g/mol. The molecule has 0 aromatic rings. The smallest absolute Gasteiger partial charge is 0.0415 e. The normalized spacial score (nSPS) is 8.50. The van der Waals surface area contributed by atoms with Gasteiger partial charge in [-0.15, -0.1) is 34.1 Å². The van der Waals surface area contributed by atoms with Gasteiger partial charge in [-0.05, 0) is 6.26 Å². The molecule has 0 rings (SSSR count). The molecule has 4 heteroatoms. The van der Waals surface area contributed by atoms with Crippen molar-refractivity contribution >= 4 is 45.7 Å². The molecular weight excluding hydrogens is 183 g/mol. The first kappa shape index (κ1) is 11.8. The van der Waals surface area contributed by atoms with E-state index in [1.54, 1.807) is 6.08 Å². The van der Waals surface area contributed by atoms with Gasteiger partial charge in [-0.25, -0.2) is 0 Å². The van der Waals surface area contributed by atoms with Crippen LogP contribution in [-0.2, 0) is 0 Å². The summed E-state index contributed by atoms with van der Waals surface area (Å²) in [6.07, 6.45) is 3.56. The Hall–Kier alpha value is 1.02. The van der Waals surface area contributed by atoms with Crippen LogP contribution >= 0.6 is 45.7 Å². The van der Waals surface area contributed by atoms with Crippen LogP contribution in [-0.4, -0.2) is 12.1 Å². The Morgan fingerprint density at radius 1 is 1.75 bits per heavy atom. The topological polar surface area (TPSA) is 0 Å². The molecule has 0 saturated carbocycles. The van der Waals surface area contributed by atoms with Crippen molar-refractivity contribution in [2.45, 2.75) is 0 Å². The monoisotopic (exact) mass is 190 g/mol. The zero-order valence-corrected chi connectivity index (χ0v) is 7.70. The minimum absolute atomic E-state index is 0.503. The van der Waals surface area contributed by atoms with Crippen LogP contribution in [0.25, 0.3) is 0 Å². The quantitative estimate of drug-likeness (QED) is 0.377. The van der Waals surface area contributed by atoms with E-state index in [1.807, 2.05) is 6.26 Å². The predicted octanol–water partition coefficient (Wildman–Crippen LogP) is 3.17. The van der Waals surface area contributed by atoms with Crippen molar-refractivity contribution in [3.8, 4) is 0 Å². The number of alkyl halides is 1. The van der Waals surface area contributed by atoms with Crippen LogP contribution in [0.15, 0.2) is 11.6 Å². The zero-order chi connectivity index (χ0) is 6.83. The van der Waals surface area contributed by atoms with Crippen molar-refractivity contribution in [2.24, 2.45) is 0 Å². The standard InChI is InChI=1S/C3H4Cl2.CH4S2/c4-2-1-3-5;1-3-2/h1-2H,3H2;2H,1H3. The molecule has 0 bridgehead atoms. The maximum atomic E-state index is 5.13. The van der Waals surface area contributed by atoms with Gasteiger partial charge in [0.25, 0.3) is 0 Å². The predicted molar refractivity (Wildman–Crippen MR) is 48.2 cm³/mol. The third-order valence-electron chi connectivity index (χ3n) is 0.178. The summed E-state index contributed by atoms with van der Waals surface area (Å²) < 4.78 is 0. The first-order valence-corrected chi connectivity index (χ1v) is 5.07. The summed E-state index contributed by atoms with van der Waals surface area (Å²) in [6, 6.07) is 0. The van der Waals surface area contributed by atoms with Crippen molar-refractivity contribution in [2.75, 3.05) is 12.1 Å². The lowest BCUT2D eigenvalue weighted by Gasteiger charge is -1.61. The van der Waals surface area contributed by atoms with Crippen LogP contribution in [0.2, 0.25) is 0 Å². The van der Waals surface area contributed by atoms with Gasteiger partial charge in [0.1, 0.15) is 0 Å². The summed E-state index contributed by atoms with van der Waals surface area (Å²) in [5.74, 6) is 0.503. The number of hydrogen-bond acceptors (Lipinski definition) is 2. The maximum Gasteiger partial charge on any atom is 0.0415 e. The number of halogens is 2. The summed E-state index contributed by atoms with van der Waals surface area (Å²) in [6.45, 7) is 0. The molecule has 0 heterocycles. The number of thiol groups is 1. The van der Waals surface area contributed by atoms with E-state index in [0.717, 1.165) is 0 Å². The van der Waals surface area contributed by atoms with Gasteiger partial charge < -0.3 is 0 Å². The number of rotatable bonds is 1. The first-order valence-electron chi connectivity index (χ1n) is 1.82. The van der Waals surface area contributed by atoms with E-state index in [2.05, 4.69) is 11.7 Å². The van der Waals surface area contributed by atoms with E-state index in [1.165, 1.54) is 16.3 Å². The van der Waals surface area contributed by atoms with Gasteiger partial charge >= 0.3 is 0 Å². The molecule has 8 heavy (non-hydrogen) atoms. The number of allylic oxidation sites excluding steroid dienone is 1. The Kier molecular flexibility index (Phi) is 23.1. The van der Waals surface area contributed by atoms with Crippen LogP contribution in [0.4, 0.5) is 0 Å². The molecule has 0 unspecified atom stereocenters. The van der Waals surface area contributed by atoms with E-state index in [-0.39, 0.29) is 0 Å². The molecule has 0 aromatic carbocycles. The highest BCUT2D eigenvalue weighted by molar-refractivity contribution is 8.68.